The van der Waals surface area contributed by atoms with Crippen LogP contribution in [-0.2, 0) is 29.5 Å². The van der Waals surface area contributed by atoms with Gasteiger partial charge >= 0.3 is 6.03 Å². The van der Waals surface area contributed by atoms with E-state index in [4.69, 9.17) is 5.14 Å². The second-order valence-electron chi connectivity index (χ2n) is 5.16. The Hall–Kier alpha value is -2.46. The van der Waals surface area contributed by atoms with E-state index >= 15 is 0 Å². The Balaban J connectivity index is 1.57. The number of amides is 2. The van der Waals surface area contributed by atoms with Crippen LogP contribution >= 0.6 is 0 Å². The maximum Gasteiger partial charge on any atom is 0.319 e. The zero-order chi connectivity index (χ0) is 16.4. The molecule has 1 aromatic carbocycles. The van der Waals surface area contributed by atoms with Crippen molar-refractivity contribution in [3.63, 3.8) is 0 Å². The van der Waals surface area contributed by atoms with Crippen LogP contribution in [0.15, 0.2) is 29.2 Å². The Morgan fingerprint density at radius 3 is 2.70 bits per heavy atom. The van der Waals surface area contributed by atoms with E-state index in [2.05, 4.69) is 20.8 Å². The number of nitrogens with zero attached hydrogens (tertiary/aromatic N) is 3. The van der Waals surface area contributed by atoms with Gasteiger partial charge in [0.1, 0.15) is 5.82 Å². The van der Waals surface area contributed by atoms with Crippen LogP contribution in [0.3, 0.4) is 0 Å². The lowest BCUT2D eigenvalue weighted by Crippen LogP contribution is -2.29. The molecule has 0 atom stereocenters. The summed E-state index contributed by atoms with van der Waals surface area (Å²) in [6.07, 6.45) is 1.95. The Bertz CT molecular complexity index is 828. The van der Waals surface area contributed by atoms with Crippen molar-refractivity contribution in [1.29, 1.82) is 0 Å². The molecule has 4 N–H and O–H groups in total. The maximum absolute atomic E-state index is 11.9. The van der Waals surface area contributed by atoms with Crippen LogP contribution in [0.25, 0.3) is 0 Å². The van der Waals surface area contributed by atoms with Crippen molar-refractivity contribution in [2.75, 3.05) is 5.32 Å². The zero-order valence-electron chi connectivity index (χ0n) is 12.2. The molecule has 122 valence electrons. The predicted octanol–water partition coefficient (Wildman–Crippen LogP) is 0.193. The van der Waals surface area contributed by atoms with Gasteiger partial charge in [0.05, 0.1) is 11.4 Å². The molecule has 1 aromatic heterocycles. The number of aromatic nitrogens is 3. The van der Waals surface area contributed by atoms with Gasteiger partial charge in [-0.25, -0.2) is 18.4 Å². The summed E-state index contributed by atoms with van der Waals surface area (Å²) in [6, 6.07) is 5.18. The molecule has 0 bridgehead atoms. The maximum atomic E-state index is 11.9. The van der Waals surface area contributed by atoms with Gasteiger partial charge in [-0.1, -0.05) is 0 Å². The van der Waals surface area contributed by atoms with Gasteiger partial charge in [-0.2, -0.15) is 0 Å². The minimum Gasteiger partial charge on any atom is -0.331 e. The SMILES string of the molecule is NS(=O)(=O)c1ccc(NC(=O)NCc2nnc3n2CCC3)cc1. The summed E-state index contributed by atoms with van der Waals surface area (Å²) < 4.78 is 24.3. The first kappa shape index (κ1) is 15.4. The van der Waals surface area contributed by atoms with Crippen LogP contribution in [0, 0.1) is 0 Å². The Labute approximate surface area is 132 Å². The van der Waals surface area contributed by atoms with E-state index in [0.717, 1.165) is 31.0 Å². The summed E-state index contributed by atoms with van der Waals surface area (Å²) in [5.74, 6) is 1.66. The minimum absolute atomic E-state index is 0.0116. The minimum atomic E-state index is -3.74. The van der Waals surface area contributed by atoms with Crippen molar-refractivity contribution in [2.45, 2.75) is 30.8 Å². The fourth-order valence-corrected chi connectivity index (χ4v) is 2.92. The van der Waals surface area contributed by atoms with E-state index in [1.807, 2.05) is 4.57 Å². The second kappa shape index (κ2) is 5.97. The van der Waals surface area contributed by atoms with Gasteiger partial charge in [-0.3, -0.25) is 0 Å². The highest BCUT2D eigenvalue weighted by Gasteiger charge is 2.17. The third-order valence-corrected chi connectivity index (χ3v) is 4.46. The number of rotatable bonds is 4. The first-order valence-electron chi connectivity index (χ1n) is 7.02. The summed E-state index contributed by atoms with van der Waals surface area (Å²) in [4.78, 5) is 11.9. The van der Waals surface area contributed by atoms with Gasteiger partial charge in [-0.05, 0) is 30.7 Å². The number of hydrogen-bond donors (Lipinski definition) is 3. The van der Waals surface area contributed by atoms with Crippen molar-refractivity contribution in [2.24, 2.45) is 5.14 Å². The molecule has 1 aliphatic rings. The van der Waals surface area contributed by atoms with Crippen LogP contribution in [0.1, 0.15) is 18.1 Å². The van der Waals surface area contributed by atoms with E-state index in [-0.39, 0.29) is 11.4 Å². The highest BCUT2D eigenvalue weighted by atomic mass is 32.2. The van der Waals surface area contributed by atoms with E-state index in [0.29, 0.717) is 5.69 Å². The smallest absolute Gasteiger partial charge is 0.319 e. The topological polar surface area (TPSA) is 132 Å². The van der Waals surface area contributed by atoms with Gasteiger partial charge in [0.2, 0.25) is 10.0 Å². The molecule has 0 aliphatic carbocycles. The van der Waals surface area contributed by atoms with Gasteiger partial charge in [-0.15, -0.1) is 10.2 Å². The molecule has 0 radical (unpaired) electrons. The molecule has 2 aromatic rings. The fourth-order valence-electron chi connectivity index (χ4n) is 2.40. The van der Waals surface area contributed by atoms with Gasteiger partial charge in [0, 0.05) is 18.7 Å². The van der Waals surface area contributed by atoms with Gasteiger partial charge in [0.15, 0.2) is 5.82 Å². The first-order chi connectivity index (χ1) is 10.9. The second-order valence-corrected chi connectivity index (χ2v) is 6.73. The number of sulfonamides is 1. The van der Waals surface area contributed by atoms with E-state index in [1.165, 1.54) is 24.3 Å². The summed E-state index contributed by atoms with van der Waals surface area (Å²) in [6.45, 7) is 1.14. The highest BCUT2D eigenvalue weighted by Crippen LogP contribution is 2.14. The number of carbonyl (C=O) groups is 1. The van der Waals surface area contributed by atoms with Gasteiger partial charge < -0.3 is 15.2 Å². The normalized spacial score (nSPS) is 13.6. The summed E-state index contributed by atoms with van der Waals surface area (Å²) in [7, 11) is -3.74. The highest BCUT2D eigenvalue weighted by molar-refractivity contribution is 7.89. The molecule has 3 rings (SSSR count). The molecule has 0 fully saturated rings. The number of aryl methyl sites for hydroxylation is 1. The third-order valence-electron chi connectivity index (χ3n) is 3.53. The molecule has 0 saturated heterocycles. The number of urea groups is 1. The Kier molecular flexibility index (Phi) is 4.01. The molecular weight excluding hydrogens is 320 g/mol. The first-order valence-corrected chi connectivity index (χ1v) is 8.57. The average Bonchev–Trinajstić information content (AvgIpc) is 3.08. The molecule has 0 spiro atoms. The summed E-state index contributed by atoms with van der Waals surface area (Å²) in [5.41, 5.74) is 0.460. The summed E-state index contributed by atoms with van der Waals surface area (Å²) >= 11 is 0. The van der Waals surface area contributed by atoms with Crippen LogP contribution < -0.4 is 15.8 Å². The number of benzene rings is 1. The lowest BCUT2D eigenvalue weighted by Gasteiger charge is -2.08. The van der Waals surface area contributed by atoms with Crippen molar-refractivity contribution in [3.05, 3.63) is 35.9 Å². The number of fused-ring (bicyclic) bond motifs is 1. The van der Waals surface area contributed by atoms with E-state index in [1.54, 1.807) is 0 Å². The molecule has 0 unspecified atom stereocenters. The number of hydrogen-bond acceptors (Lipinski definition) is 5. The van der Waals surface area contributed by atoms with Crippen LogP contribution in [0.5, 0.6) is 0 Å². The van der Waals surface area contributed by atoms with Crippen LogP contribution in [0.4, 0.5) is 10.5 Å². The van der Waals surface area contributed by atoms with Crippen molar-refractivity contribution < 1.29 is 13.2 Å². The standard InChI is InChI=1S/C13H16N6O3S/c14-23(21,22)10-5-3-9(4-6-10)16-13(20)15-8-12-18-17-11-2-1-7-19(11)12/h3-6H,1-2,7-8H2,(H2,14,21,22)(H2,15,16,20). The van der Waals surface area contributed by atoms with Crippen LogP contribution in [-0.4, -0.2) is 29.2 Å². The largest absolute Gasteiger partial charge is 0.331 e. The lowest BCUT2D eigenvalue weighted by atomic mass is 10.3. The fraction of sp³-hybridized carbons (Fsp3) is 0.308. The molecule has 1 aliphatic heterocycles. The molecule has 10 heteroatoms. The lowest BCUT2D eigenvalue weighted by molar-refractivity contribution is 0.251. The molecule has 2 amide bonds. The quantitative estimate of drug-likeness (QED) is 0.733. The monoisotopic (exact) mass is 336 g/mol. The average molecular weight is 336 g/mol. The predicted molar refractivity (Wildman–Crippen MR) is 82.0 cm³/mol. The van der Waals surface area contributed by atoms with E-state index < -0.39 is 16.1 Å². The van der Waals surface area contributed by atoms with Crippen molar-refractivity contribution >= 4 is 21.7 Å². The number of anilines is 1. The van der Waals surface area contributed by atoms with E-state index in [9.17, 15) is 13.2 Å². The molecule has 23 heavy (non-hydrogen) atoms. The zero-order valence-corrected chi connectivity index (χ0v) is 13.0. The Morgan fingerprint density at radius 2 is 2.00 bits per heavy atom. The van der Waals surface area contributed by atoms with Crippen molar-refractivity contribution in [3.8, 4) is 0 Å². The molecule has 0 saturated carbocycles. The number of nitrogens with one attached hydrogen (secondary N) is 2. The molecule has 9 nitrogen and oxygen atoms in total. The summed E-state index contributed by atoms with van der Waals surface area (Å²) in [5, 5.41) is 18.4. The number of carbonyl (C=O) groups excluding carboxylic acids is 1. The van der Waals surface area contributed by atoms with Gasteiger partial charge in [0.25, 0.3) is 0 Å². The number of primary sulfonamides is 1. The third kappa shape index (κ3) is 3.48. The Morgan fingerprint density at radius 1 is 1.26 bits per heavy atom. The molecule has 2 heterocycles. The van der Waals surface area contributed by atoms with Crippen LogP contribution in [0.2, 0.25) is 0 Å². The number of nitrogens with two attached hydrogens (primary N) is 1. The van der Waals surface area contributed by atoms with Crippen molar-refractivity contribution in [1.82, 2.24) is 20.1 Å². The molecular formula is C13H16N6O3S.